The molecular formula is C15H21FN3O2+. The molecule has 0 radical (unpaired) electrons. The van der Waals surface area contributed by atoms with Crippen molar-refractivity contribution in [2.45, 2.75) is 19.8 Å². The van der Waals surface area contributed by atoms with Crippen LogP contribution in [0.2, 0.25) is 0 Å². The third-order valence-corrected chi connectivity index (χ3v) is 3.51. The van der Waals surface area contributed by atoms with Crippen LogP contribution in [0.3, 0.4) is 0 Å². The summed E-state index contributed by atoms with van der Waals surface area (Å²) in [4.78, 5) is 27.1. The summed E-state index contributed by atoms with van der Waals surface area (Å²) in [5.41, 5.74) is 0.617. The monoisotopic (exact) mass is 294 g/mol. The van der Waals surface area contributed by atoms with E-state index in [1.165, 1.54) is 21.9 Å². The normalized spacial score (nSPS) is 14.9. The van der Waals surface area contributed by atoms with Crippen molar-refractivity contribution in [2.75, 3.05) is 31.2 Å². The first kappa shape index (κ1) is 15.4. The molecule has 1 aromatic rings. The Bertz CT molecular complexity index is 504. The second-order valence-corrected chi connectivity index (χ2v) is 5.17. The van der Waals surface area contributed by atoms with Gasteiger partial charge in [-0.3, -0.25) is 14.5 Å². The van der Waals surface area contributed by atoms with Gasteiger partial charge in [0.1, 0.15) is 19.0 Å². The number of nitrogens with zero attached hydrogens (tertiary/aromatic N) is 2. The molecule has 6 heteroatoms. The summed E-state index contributed by atoms with van der Waals surface area (Å²) >= 11 is 0. The summed E-state index contributed by atoms with van der Waals surface area (Å²) < 4.78 is 12.9. The molecule has 0 spiro atoms. The van der Waals surface area contributed by atoms with Gasteiger partial charge in [-0.05, 0) is 30.7 Å². The fourth-order valence-electron chi connectivity index (χ4n) is 2.27. The Labute approximate surface area is 123 Å². The van der Waals surface area contributed by atoms with Gasteiger partial charge in [-0.15, -0.1) is 0 Å². The Morgan fingerprint density at radius 3 is 2.71 bits per heavy atom. The van der Waals surface area contributed by atoms with Crippen molar-refractivity contribution in [2.24, 2.45) is 0 Å². The molecule has 21 heavy (non-hydrogen) atoms. The zero-order chi connectivity index (χ0) is 15.2. The van der Waals surface area contributed by atoms with Crippen LogP contribution in [-0.2, 0) is 9.59 Å². The molecule has 0 bridgehead atoms. The number of carbonyl (C=O) groups is 2. The van der Waals surface area contributed by atoms with Crippen LogP contribution < -0.4 is 10.2 Å². The molecule has 2 amide bonds. The van der Waals surface area contributed by atoms with E-state index < -0.39 is 0 Å². The maximum atomic E-state index is 12.9. The minimum Gasteiger partial charge on any atom is -0.338 e. The minimum absolute atomic E-state index is 0.0379. The van der Waals surface area contributed by atoms with E-state index in [1.807, 2.05) is 5.32 Å². The number of nitrogens with two attached hydrogens (primary N) is 1. The summed E-state index contributed by atoms with van der Waals surface area (Å²) in [7, 11) is 0. The summed E-state index contributed by atoms with van der Waals surface area (Å²) in [6.45, 7) is 3.73. The van der Waals surface area contributed by atoms with Gasteiger partial charge in [-0.1, -0.05) is 13.3 Å². The fourth-order valence-corrected chi connectivity index (χ4v) is 2.27. The Kier molecular flexibility index (Phi) is 5.27. The van der Waals surface area contributed by atoms with Crippen LogP contribution in [0, 0.1) is 5.82 Å². The van der Waals surface area contributed by atoms with E-state index in [0.717, 1.165) is 19.4 Å². The summed E-state index contributed by atoms with van der Waals surface area (Å²) in [6, 6.07) is 5.72. The van der Waals surface area contributed by atoms with E-state index in [1.54, 1.807) is 12.1 Å². The average Bonchev–Trinajstić information content (AvgIpc) is 2.86. The highest BCUT2D eigenvalue weighted by molar-refractivity contribution is 6.00. The number of unbranched alkanes of at least 4 members (excludes halogenated alkanes) is 1. The molecule has 114 valence electrons. The third-order valence-electron chi connectivity index (χ3n) is 3.51. The number of carbonyl (C=O) groups excluding carboxylic acids is 2. The van der Waals surface area contributed by atoms with Gasteiger partial charge in [0.2, 0.25) is 5.91 Å². The van der Waals surface area contributed by atoms with Crippen molar-refractivity contribution >= 4 is 17.5 Å². The quantitative estimate of drug-likeness (QED) is 0.768. The Morgan fingerprint density at radius 2 is 2.05 bits per heavy atom. The number of quaternary nitrogens is 1. The molecule has 0 aromatic heterocycles. The molecule has 1 aliphatic heterocycles. The standard InChI is InChI=1S/C15H20FN3O2/c1-2-3-8-17-9-14(20)18-10-15(21)19(11-18)13-6-4-12(16)5-7-13/h4-7,17H,2-3,8-11H2,1H3/p+1. The molecule has 5 nitrogen and oxygen atoms in total. The van der Waals surface area contributed by atoms with E-state index in [-0.39, 0.29) is 30.8 Å². The van der Waals surface area contributed by atoms with E-state index in [2.05, 4.69) is 6.92 Å². The number of rotatable bonds is 6. The molecule has 2 rings (SSSR count). The van der Waals surface area contributed by atoms with Gasteiger partial charge in [0.25, 0.3) is 5.91 Å². The van der Waals surface area contributed by atoms with E-state index in [0.29, 0.717) is 12.2 Å². The lowest BCUT2D eigenvalue weighted by molar-refractivity contribution is -0.644. The first-order chi connectivity index (χ1) is 10.1. The molecule has 0 aliphatic carbocycles. The van der Waals surface area contributed by atoms with E-state index in [4.69, 9.17) is 0 Å². The fraction of sp³-hybridized carbons (Fsp3) is 0.467. The minimum atomic E-state index is -0.344. The molecule has 2 N–H and O–H groups in total. The Hall–Kier alpha value is -1.95. The summed E-state index contributed by atoms with van der Waals surface area (Å²) in [5, 5.41) is 1.97. The van der Waals surface area contributed by atoms with E-state index in [9.17, 15) is 14.0 Å². The predicted octanol–water partition coefficient (Wildman–Crippen LogP) is 0.322. The molecule has 0 saturated carbocycles. The van der Waals surface area contributed by atoms with Crippen LogP contribution in [0.15, 0.2) is 24.3 Å². The molecule has 0 atom stereocenters. The SMILES string of the molecule is CCCC[NH2+]CC(=O)N1CC(=O)N(c2ccc(F)cc2)C1. The summed E-state index contributed by atoms with van der Waals surface area (Å²) in [5.74, 6) is -0.517. The Balaban J connectivity index is 1.90. The van der Waals surface area contributed by atoms with Gasteiger partial charge in [0.15, 0.2) is 6.54 Å². The van der Waals surface area contributed by atoms with Crippen LogP contribution in [0.1, 0.15) is 19.8 Å². The maximum absolute atomic E-state index is 12.9. The van der Waals surface area contributed by atoms with Crippen LogP contribution in [0.5, 0.6) is 0 Å². The highest BCUT2D eigenvalue weighted by Gasteiger charge is 2.32. The smallest absolute Gasteiger partial charge is 0.279 e. The lowest BCUT2D eigenvalue weighted by atomic mass is 10.3. The van der Waals surface area contributed by atoms with Crippen LogP contribution in [0.25, 0.3) is 0 Å². The van der Waals surface area contributed by atoms with Crippen molar-refractivity contribution in [3.63, 3.8) is 0 Å². The number of amides is 2. The predicted molar refractivity (Wildman–Crippen MR) is 77.0 cm³/mol. The lowest BCUT2D eigenvalue weighted by Gasteiger charge is -2.17. The molecule has 1 saturated heterocycles. The number of hydrogen-bond donors (Lipinski definition) is 1. The second-order valence-electron chi connectivity index (χ2n) is 5.17. The van der Waals surface area contributed by atoms with Gasteiger partial charge < -0.3 is 10.2 Å². The maximum Gasteiger partial charge on any atom is 0.279 e. The van der Waals surface area contributed by atoms with Crippen LogP contribution in [-0.4, -0.2) is 43.0 Å². The zero-order valence-corrected chi connectivity index (χ0v) is 12.2. The number of hydrogen-bond acceptors (Lipinski definition) is 2. The zero-order valence-electron chi connectivity index (χ0n) is 12.2. The molecule has 1 fully saturated rings. The average molecular weight is 294 g/mol. The van der Waals surface area contributed by atoms with Gasteiger partial charge in [0, 0.05) is 5.69 Å². The van der Waals surface area contributed by atoms with Gasteiger partial charge in [-0.2, -0.15) is 0 Å². The number of anilines is 1. The number of halogens is 1. The van der Waals surface area contributed by atoms with Gasteiger partial charge >= 0.3 is 0 Å². The first-order valence-electron chi connectivity index (χ1n) is 7.27. The molecule has 1 aromatic carbocycles. The van der Waals surface area contributed by atoms with E-state index >= 15 is 0 Å². The molecule has 1 aliphatic rings. The summed E-state index contributed by atoms with van der Waals surface area (Å²) in [6.07, 6.45) is 2.18. The van der Waals surface area contributed by atoms with Crippen molar-refractivity contribution in [3.05, 3.63) is 30.1 Å². The lowest BCUT2D eigenvalue weighted by Crippen LogP contribution is -2.86. The highest BCUT2D eigenvalue weighted by atomic mass is 19.1. The topological polar surface area (TPSA) is 57.2 Å². The van der Waals surface area contributed by atoms with Crippen molar-refractivity contribution in [3.8, 4) is 0 Å². The molecular weight excluding hydrogens is 273 g/mol. The third kappa shape index (κ3) is 4.01. The highest BCUT2D eigenvalue weighted by Crippen LogP contribution is 2.19. The van der Waals surface area contributed by atoms with Gasteiger partial charge in [0.05, 0.1) is 6.54 Å². The van der Waals surface area contributed by atoms with Crippen molar-refractivity contribution in [1.82, 2.24) is 4.90 Å². The van der Waals surface area contributed by atoms with Crippen LogP contribution >= 0.6 is 0 Å². The largest absolute Gasteiger partial charge is 0.338 e. The molecule has 1 heterocycles. The van der Waals surface area contributed by atoms with Crippen molar-refractivity contribution < 1.29 is 19.3 Å². The molecule has 0 unspecified atom stereocenters. The second kappa shape index (κ2) is 7.17. The number of benzene rings is 1. The van der Waals surface area contributed by atoms with Gasteiger partial charge in [-0.25, -0.2) is 4.39 Å². The first-order valence-corrected chi connectivity index (χ1v) is 7.27. The van der Waals surface area contributed by atoms with Crippen molar-refractivity contribution in [1.29, 1.82) is 0 Å². The van der Waals surface area contributed by atoms with Crippen LogP contribution in [0.4, 0.5) is 10.1 Å². The Morgan fingerprint density at radius 1 is 1.33 bits per heavy atom.